The number of hydrogen-bond donors (Lipinski definition) is 4. The van der Waals surface area contributed by atoms with Gasteiger partial charge in [0.05, 0.1) is 0 Å². The predicted octanol–water partition coefficient (Wildman–Crippen LogP) is 0.506. The van der Waals surface area contributed by atoms with Crippen LogP contribution < -0.4 is 10.6 Å². The molecule has 0 aliphatic carbocycles. The van der Waals surface area contributed by atoms with E-state index >= 15 is 0 Å². The molecule has 8 nitrogen and oxygen atoms in total. The minimum Gasteiger partial charge on any atom is -0.480 e. The van der Waals surface area contributed by atoms with E-state index in [1.165, 1.54) is 0 Å². The van der Waals surface area contributed by atoms with Gasteiger partial charge in [-0.1, -0.05) is 13.8 Å². The maximum absolute atomic E-state index is 11.5. The molecule has 4 N–H and O–H groups in total. The van der Waals surface area contributed by atoms with Crippen molar-refractivity contribution in [3.8, 4) is 0 Å². The third-order valence-corrected chi connectivity index (χ3v) is 3.14. The summed E-state index contributed by atoms with van der Waals surface area (Å²) in [5, 5.41) is 22.4. The Balaban J connectivity index is 3.92. The average Bonchev–Trinajstić information content (AvgIpc) is 2.45. The number of amides is 2. The maximum Gasteiger partial charge on any atom is 0.326 e. The molecule has 126 valence electrons. The molecule has 0 radical (unpaired) electrons. The molecule has 8 heteroatoms. The van der Waals surface area contributed by atoms with Crippen LogP contribution in [0.15, 0.2) is 0 Å². The SMILES string of the molecule is CCC(NC(=O)CCCCC(=O)NC(CC)C(=O)O)C(=O)O. The summed E-state index contributed by atoms with van der Waals surface area (Å²) in [4.78, 5) is 44.6. The van der Waals surface area contributed by atoms with Gasteiger partial charge in [0.15, 0.2) is 0 Å². The van der Waals surface area contributed by atoms with E-state index in [9.17, 15) is 19.2 Å². The van der Waals surface area contributed by atoms with Gasteiger partial charge in [0, 0.05) is 12.8 Å². The van der Waals surface area contributed by atoms with Gasteiger partial charge in [-0.05, 0) is 25.7 Å². The van der Waals surface area contributed by atoms with Crippen molar-refractivity contribution in [1.29, 1.82) is 0 Å². The van der Waals surface area contributed by atoms with E-state index < -0.39 is 24.0 Å². The van der Waals surface area contributed by atoms with E-state index in [1.807, 2.05) is 0 Å². The summed E-state index contributed by atoms with van der Waals surface area (Å²) < 4.78 is 0. The molecule has 0 aromatic carbocycles. The van der Waals surface area contributed by atoms with E-state index in [0.29, 0.717) is 25.7 Å². The molecule has 0 saturated carbocycles. The number of carboxylic acids is 2. The summed E-state index contributed by atoms with van der Waals surface area (Å²) in [5.74, 6) is -2.89. The molecule has 0 bridgehead atoms. The summed E-state index contributed by atoms with van der Waals surface area (Å²) >= 11 is 0. The van der Waals surface area contributed by atoms with Crippen molar-refractivity contribution in [3.63, 3.8) is 0 Å². The second kappa shape index (κ2) is 10.6. The van der Waals surface area contributed by atoms with Gasteiger partial charge in [0.2, 0.25) is 11.8 Å². The van der Waals surface area contributed by atoms with Crippen LogP contribution in [-0.2, 0) is 19.2 Å². The smallest absolute Gasteiger partial charge is 0.326 e. The zero-order valence-electron chi connectivity index (χ0n) is 12.9. The lowest BCUT2D eigenvalue weighted by molar-refractivity contribution is -0.142. The fraction of sp³-hybridized carbons (Fsp3) is 0.714. The average molecular weight is 316 g/mol. The van der Waals surface area contributed by atoms with E-state index in [1.54, 1.807) is 13.8 Å². The van der Waals surface area contributed by atoms with E-state index in [2.05, 4.69) is 10.6 Å². The molecule has 0 spiro atoms. The van der Waals surface area contributed by atoms with Crippen LogP contribution in [0.4, 0.5) is 0 Å². The molecular formula is C14H24N2O6. The second-order valence-corrected chi connectivity index (χ2v) is 4.94. The van der Waals surface area contributed by atoms with Crippen molar-refractivity contribution >= 4 is 23.8 Å². The van der Waals surface area contributed by atoms with Crippen LogP contribution in [0.5, 0.6) is 0 Å². The number of hydrogen-bond acceptors (Lipinski definition) is 4. The molecular weight excluding hydrogens is 292 g/mol. The van der Waals surface area contributed by atoms with E-state index in [0.717, 1.165) is 0 Å². The molecule has 22 heavy (non-hydrogen) atoms. The summed E-state index contributed by atoms with van der Waals surface area (Å²) in [6.07, 6.45) is 1.73. The normalized spacial score (nSPS) is 13.0. The van der Waals surface area contributed by atoms with Gasteiger partial charge < -0.3 is 20.8 Å². The highest BCUT2D eigenvalue weighted by atomic mass is 16.4. The third-order valence-electron chi connectivity index (χ3n) is 3.14. The van der Waals surface area contributed by atoms with Gasteiger partial charge in [-0.15, -0.1) is 0 Å². The van der Waals surface area contributed by atoms with Gasteiger partial charge in [0.25, 0.3) is 0 Å². The topological polar surface area (TPSA) is 133 Å². The quantitative estimate of drug-likeness (QED) is 0.410. The summed E-state index contributed by atoms with van der Waals surface area (Å²) in [7, 11) is 0. The predicted molar refractivity (Wildman–Crippen MR) is 78.2 cm³/mol. The maximum atomic E-state index is 11.5. The number of carboxylic acid groups (broad SMARTS) is 2. The number of carbonyl (C=O) groups excluding carboxylic acids is 2. The summed E-state index contributed by atoms with van der Waals surface area (Å²) in [6.45, 7) is 3.33. The number of aliphatic carboxylic acids is 2. The first-order valence-electron chi connectivity index (χ1n) is 7.36. The molecule has 0 aliphatic heterocycles. The Labute approximate surface area is 129 Å². The highest BCUT2D eigenvalue weighted by molar-refractivity contribution is 5.84. The van der Waals surface area contributed by atoms with Crippen LogP contribution in [0.1, 0.15) is 52.4 Å². The standard InChI is InChI=1S/C14H24N2O6/c1-3-9(13(19)20)15-11(17)7-5-6-8-12(18)16-10(4-2)14(21)22/h9-10H,3-8H2,1-2H3,(H,15,17)(H,16,18)(H,19,20)(H,21,22). The van der Waals surface area contributed by atoms with Gasteiger partial charge in [-0.25, -0.2) is 9.59 Å². The third kappa shape index (κ3) is 8.23. The van der Waals surface area contributed by atoms with Crippen LogP contribution >= 0.6 is 0 Å². The molecule has 0 aromatic rings. The molecule has 2 atom stereocenters. The Morgan fingerprint density at radius 1 is 0.773 bits per heavy atom. The van der Waals surface area contributed by atoms with Crippen molar-refractivity contribution in [2.45, 2.75) is 64.5 Å². The van der Waals surface area contributed by atoms with Crippen LogP contribution in [0.2, 0.25) is 0 Å². The first kappa shape index (κ1) is 19.9. The van der Waals surface area contributed by atoms with Gasteiger partial charge in [0.1, 0.15) is 12.1 Å². The number of carbonyl (C=O) groups is 4. The molecule has 0 saturated heterocycles. The zero-order valence-corrected chi connectivity index (χ0v) is 12.9. The molecule has 2 amide bonds. The van der Waals surface area contributed by atoms with Gasteiger partial charge in [-0.2, -0.15) is 0 Å². The Morgan fingerprint density at radius 2 is 1.09 bits per heavy atom. The minimum atomic E-state index is -1.07. The first-order valence-corrected chi connectivity index (χ1v) is 7.36. The molecule has 0 aliphatic rings. The largest absolute Gasteiger partial charge is 0.480 e. The monoisotopic (exact) mass is 316 g/mol. The Kier molecular flexibility index (Phi) is 9.56. The first-order chi connectivity index (χ1) is 10.3. The second-order valence-electron chi connectivity index (χ2n) is 4.94. The van der Waals surface area contributed by atoms with Crippen LogP contribution in [0, 0.1) is 0 Å². The molecule has 2 unspecified atom stereocenters. The Hall–Kier alpha value is -2.12. The minimum absolute atomic E-state index is 0.132. The van der Waals surface area contributed by atoms with Crippen molar-refractivity contribution in [1.82, 2.24) is 10.6 Å². The van der Waals surface area contributed by atoms with Crippen LogP contribution in [0.25, 0.3) is 0 Å². The summed E-state index contributed by atoms with van der Waals surface area (Å²) in [5.41, 5.74) is 0. The van der Waals surface area contributed by atoms with Crippen LogP contribution in [-0.4, -0.2) is 46.0 Å². The lowest BCUT2D eigenvalue weighted by Crippen LogP contribution is -2.40. The summed E-state index contributed by atoms with van der Waals surface area (Å²) in [6, 6.07) is -1.78. The highest BCUT2D eigenvalue weighted by Crippen LogP contribution is 2.02. The number of nitrogens with one attached hydrogen (secondary N) is 2. The van der Waals surface area contributed by atoms with E-state index in [4.69, 9.17) is 10.2 Å². The van der Waals surface area contributed by atoms with E-state index in [-0.39, 0.29) is 24.7 Å². The molecule has 0 fully saturated rings. The van der Waals surface area contributed by atoms with Crippen molar-refractivity contribution in [3.05, 3.63) is 0 Å². The zero-order chi connectivity index (χ0) is 17.1. The highest BCUT2D eigenvalue weighted by Gasteiger charge is 2.18. The number of unbranched alkanes of at least 4 members (excludes halogenated alkanes) is 1. The van der Waals surface area contributed by atoms with Gasteiger partial charge >= 0.3 is 11.9 Å². The Bertz CT molecular complexity index is 372. The fourth-order valence-electron chi connectivity index (χ4n) is 1.78. The van der Waals surface area contributed by atoms with Crippen molar-refractivity contribution in [2.24, 2.45) is 0 Å². The van der Waals surface area contributed by atoms with Crippen molar-refractivity contribution in [2.75, 3.05) is 0 Å². The lowest BCUT2D eigenvalue weighted by Gasteiger charge is -2.13. The van der Waals surface area contributed by atoms with Gasteiger partial charge in [-0.3, -0.25) is 9.59 Å². The number of rotatable bonds is 11. The van der Waals surface area contributed by atoms with Crippen LogP contribution in [0.3, 0.4) is 0 Å². The molecule has 0 aromatic heterocycles. The Morgan fingerprint density at radius 3 is 1.32 bits per heavy atom. The fourth-order valence-corrected chi connectivity index (χ4v) is 1.78. The lowest BCUT2D eigenvalue weighted by atomic mass is 10.1. The molecule has 0 heterocycles. The molecule has 0 rings (SSSR count). The van der Waals surface area contributed by atoms with Crippen molar-refractivity contribution < 1.29 is 29.4 Å².